The van der Waals surface area contributed by atoms with Gasteiger partial charge in [-0.1, -0.05) is 0 Å². The van der Waals surface area contributed by atoms with E-state index in [0.717, 1.165) is 12.2 Å². The van der Waals surface area contributed by atoms with Gasteiger partial charge in [0.1, 0.15) is 0 Å². The van der Waals surface area contributed by atoms with Gasteiger partial charge in [0.05, 0.1) is 5.56 Å². The first-order valence-corrected chi connectivity index (χ1v) is 7.18. The highest BCUT2D eigenvalue weighted by molar-refractivity contribution is 6.07. The molecule has 1 aromatic heterocycles. The molecule has 0 aliphatic rings. The van der Waals surface area contributed by atoms with Crippen LogP contribution in [0.15, 0.2) is 29.2 Å². The van der Waals surface area contributed by atoms with E-state index in [1.54, 1.807) is 26.4 Å². The number of carbonyl (C=O) groups is 1. The number of amides is 1. The van der Waals surface area contributed by atoms with Crippen LogP contribution in [-0.4, -0.2) is 49.6 Å². The summed E-state index contributed by atoms with van der Waals surface area (Å²) >= 11 is 0. The number of nitrogens with one attached hydrogen (secondary N) is 2. The van der Waals surface area contributed by atoms with Crippen molar-refractivity contribution >= 4 is 22.4 Å². The number of fused-ring (bicyclic) bond motifs is 1. The van der Waals surface area contributed by atoms with Crippen molar-refractivity contribution in [1.82, 2.24) is 14.8 Å². The lowest BCUT2D eigenvalue weighted by Crippen LogP contribution is -2.32. The van der Waals surface area contributed by atoms with Gasteiger partial charge in [0.15, 0.2) is 0 Å². The third-order valence-corrected chi connectivity index (χ3v) is 3.56. The van der Waals surface area contributed by atoms with Crippen molar-refractivity contribution in [2.45, 2.75) is 0 Å². The van der Waals surface area contributed by atoms with Crippen LogP contribution in [0.5, 0.6) is 0 Å². The fourth-order valence-corrected chi connectivity index (χ4v) is 2.29. The summed E-state index contributed by atoms with van der Waals surface area (Å²) in [6.07, 6.45) is 1.59. The minimum atomic E-state index is -0.171. The first-order valence-electron chi connectivity index (χ1n) is 7.18. The average Bonchev–Trinajstić information content (AvgIpc) is 2.49. The predicted molar refractivity (Wildman–Crippen MR) is 89.6 cm³/mol. The molecule has 2 N–H and O–H groups in total. The lowest BCUT2D eigenvalue weighted by atomic mass is 10.1. The molecule has 1 heterocycles. The molecule has 0 fully saturated rings. The van der Waals surface area contributed by atoms with E-state index in [1.165, 1.54) is 4.57 Å². The molecule has 2 aromatic rings. The third-order valence-electron chi connectivity index (χ3n) is 3.56. The number of hydrogen-bond acceptors (Lipinski definition) is 4. The van der Waals surface area contributed by atoms with Gasteiger partial charge in [-0.2, -0.15) is 0 Å². The number of aromatic nitrogens is 1. The van der Waals surface area contributed by atoms with Crippen molar-refractivity contribution in [2.24, 2.45) is 7.05 Å². The minimum absolute atomic E-state index is 0.109. The van der Waals surface area contributed by atoms with E-state index in [0.29, 0.717) is 22.9 Å². The maximum Gasteiger partial charge on any atom is 0.258 e. The lowest BCUT2D eigenvalue weighted by molar-refractivity contribution is 0.0952. The second-order valence-corrected chi connectivity index (χ2v) is 5.53. The van der Waals surface area contributed by atoms with Crippen LogP contribution in [-0.2, 0) is 7.05 Å². The summed E-state index contributed by atoms with van der Waals surface area (Å²) in [5.74, 6) is -0.171. The Morgan fingerprint density at radius 2 is 2.00 bits per heavy atom. The van der Waals surface area contributed by atoms with Crippen molar-refractivity contribution in [3.05, 3.63) is 40.3 Å². The summed E-state index contributed by atoms with van der Waals surface area (Å²) in [4.78, 5) is 26.6. The van der Waals surface area contributed by atoms with Crippen LogP contribution < -0.4 is 16.2 Å². The monoisotopic (exact) mass is 302 g/mol. The maximum atomic E-state index is 12.4. The zero-order valence-electron chi connectivity index (χ0n) is 13.4. The molecule has 2 rings (SSSR count). The topological polar surface area (TPSA) is 66.4 Å². The van der Waals surface area contributed by atoms with E-state index in [1.807, 2.05) is 31.1 Å². The molecule has 22 heavy (non-hydrogen) atoms. The van der Waals surface area contributed by atoms with Gasteiger partial charge < -0.3 is 20.1 Å². The second kappa shape index (κ2) is 6.62. The van der Waals surface area contributed by atoms with Crippen LogP contribution in [0.3, 0.4) is 0 Å². The molecule has 6 heteroatoms. The number of carbonyl (C=O) groups excluding carboxylic acids is 1. The summed E-state index contributed by atoms with van der Waals surface area (Å²) in [6.45, 7) is 1.32. The molecule has 0 bridgehead atoms. The molecular formula is C16H22N4O2. The number of rotatable bonds is 5. The Bertz CT molecular complexity index is 750. The zero-order chi connectivity index (χ0) is 16.3. The number of pyridine rings is 1. The lowest BCUT2D eigenvalue weighted by Gasteiger charge is -2.13. The Hall–Kier alpha value is -2.34. The van der Waals surface area contributed by atoms with Gasteiger partial charge in [-0.3, -0.25) is 9.59 Å². The van der Waals surface area contributed by atoms with Gasteiger partial charge in [0.2, 0.25) is 0 Å². The Labute approximate surface area is 129 Å². The molecule has 0 atom stereocenters. The molecule has 0 aliphatic heterocycles. The molecule has 118 valence electrons. The fraction of sp³-hybridized carbons (Fsp3) is 0.375. The van der Waals surface area contributed by atoms with Crippen LogP contribution in [0.4, 0.5) is 5.69 Å². The van der Waals surface area contributed by atoms with E-state index in [-0.39, 0.29) is 11.5 Å². The molecule has 6 nitrogen and oxygen atoms in total. The Morgan fingerprint density at radius 1 is 1.27 bits per heavy atom. The van der Waals surface area contributed by atoms with Crippen molar-refractivity contribution in [1.29, 1.82) is 0 Å². The highest BCUT2D eigenvalue weighted by Gasteiger charge is 2.14. The van der Waals surface area contributed by atoms with Crippen LogP contribution in [0.2, 0.25) is 0 Å². The highest BCUT2D eigenvalue weighted by Crippen LogP contribution is 2.20. The zero-order valence-corrected chi connectivity index (χ0v) is 13.4. The van der Waals surface area contributed by atoms with Gasteiger partial charge in [0.25, 0.3) is 11.5 Å². The number of aryl methyl sites for hydroxylation is 1. The highest BCUT2D eigenvalue weighted by atomic mass is 16.2. The summed E-state index contributed by atoms with van der Waals surface area (Å²) in [5, 5.41) is 7.13. The largest absolute Gasteiger partial charge is 0.388 e. The van der Waals surface area contributed by atoms with E-state index in [9.17, 15) is 9.59 Å². The summed E-state index contributed by atoms with van der Waals surface area (Å²) in [5.41, 5.74) is 1.26. The first kappa shape index (κ1) is 16.0. The summed E-state index contributed by atoms with van der Waals surface area (Å²) in [7, 11) is 7.36. The van der Waals surface area contributed by atoms with Crippen molar-refractivity contribution in [2.75, 3.05) is 39.5 Å². The molecule has 0 aliphatic carbocycles. The average molecular weight is 302 g/mol. The van der Waals surface area contributed by atoms with Crippen molar-refractivity contribution < 1.29 is 4.79 Å². The normalized spacial score (nSPS) is 11.0. The minimum Gasteiger partial charge on any atom is -0.388 e. The number of hydrogen-bond donors (Lipinski definition) is 2. The molecule has 1 amide bonds. The standard InChI is InChI=1S/C16H22N4O2/c1-17-11-5-6-12-13(9-11)14(10-20(4)16(12)22)15(21)18-7-8-19(2)3/h5-6,9-10,17H,7-8H2,1-4H3,(H,18,21). The molecule has 0 spiro atoms. The van der Waals surface area contributed by atoms with Gasteiger partial charge in [-0.25, -0.2) is 0 Å². The van der Waals surface area contributed by atoms with Gasteiger partial charge >= 0.3 is 0 Å². The number of nitrogens with zero attached hydrogens (tertiary/aromatic N) is 2. The van der Waals surface area contributed by atoms with Crippen LogP contribution in [0, 0.1) is 0 Å². The van der Waals surface area contributed by atoms with Gasteiger partial charge in [-0.15, -0.1) is 0 Å². The number of anilines is 1. The van der Waals surface area contributed by atoms with E-state index >= 15 is 0 Å². The molecule has 0 saturated heterocycles. The molecule has 0 saturated carbocycles. The van der Waals surface area contributed by atoms with Crippen molar-refractivity contribution in [3.63, 3.8) is 0 Å². The Morgan fingerprint density at radius 3 is 2.64 bits per heavy atom. The van der Waals surface area contributed by atoms with Gasteiger partial charge in [-0.05, 0) is 32.3 Å². The molecule has 1 aromatic carbocycles. The van der Waals surface area contributed by atoms with E-state index < -0.39 is 0 Å². The van der Waals surface area contributed by atoms with Crippen molar-refractivity contribution in [3.8, 4) is 0 Å². The molecular weight excluding hydrogens is 280 g/mol. The molecule has 0 radical (unpaired) electrons. The molecule has 0 unspecified atom stereocenters. The van der Waals surface area contributed by atoms with E-state index in [2.05, 4.69) is 10.6 Å². The fourth-order valence-electron chi connectivity index (χ4n) is 2.29. The predicted octanol–water partition coefficient (Wildman–Crippen LogP) is 0.872. The first-order chi connectivity index (χ1) is 10.4. The van der Waals surface area contributed by atoms with Crippen LogP contribution >= 0.6 is 0 Å². The Balaban J connectivity index is 2.45. The van der Waals surface area contributed by atoms with Crippen LogP contribution in [0.25, 0.3) is 10.8 Å². The summed E-state index contributed by atoms with van der Waals surface area (Å²) in [6, 6.07) is 5.41. The number of likely N-dealkylation sites (N-methyl/N-ethyl adjacent to an activating group) is 1. The number of benzene rings is 1. The second-order valence-electron chi connectivity index (χ2n) is 5.53. The van der Waals surface area contributed by atoms with Crippen LogP contribution in [0.1, 0.15) is 10.4 Å². The smallest absolute Gasteiger partial charge is 0.258 e. The van der Waals surface area contributed by atoms with E-state index in [4.69, 9.17) is 0 Å². The maximum absolute atomic E-state index is 12.4. The van der Waals surface area contributed by atoms with Gasteiger partial charge in [0, 0.05) is 49.8 Å². The quantitative estimate of drug-likeness (QED) is 0.860. The summed E-state index contributed by atoms with van der Waals surface area (Å²) < 4.78 is 1.45. The Kier molecular flexibility index (Phi) is 4.82. The third kappa shape index (κ3) is 3.28. The SMILES string of the molecule is CNc1ccc2c(=O)n(C)cc(C(=O)NCCN(C)C)c2c1.